The van der Waals surface area contributed by atoms with Gasteiger partial charge in [0, 0.05) is 31.4 Å². The van der Waals surface area contributed by atoms with E-state index in [1.165, 1.54) is 17.9 Å². The van der Waals surface area contributed by atoms with Crippen molar-refractivity contribution in [2.24, 2.45) is 11.3 Å². The van der Waals surface area contributed by atoms with Crippen molar-refractivity contribution >= 4 is 17.9 Å². The molecular weight excluding hydrogens is 296 g/mol. The molecule has 0 saturated carbocycles. The van der Waals surface area contributed by atoms with Crippen LogP contribution in [0.5, 0.6) is 0 Å². The minimum absolute atomic E-state index is 0.163. The molecule has 5 heteroatoms. The first-order valence-electron chi connectivity index (χ1n) is 8.46. The normalized spacial score (nSPS) is 28.7. The summed E-state index contributed by atoms with van der Waals surface area (Å²) in [4.78, 5) is 14.0. The fourth-order valence-electron chi connectivity index (χ4n) is 3.07. The topological polar surface area (TPSA) is 41.6 Å². The van der Waals surface area contributed by atoms with Crippen LogP contribution >= 0.6 is 11.8 Å². The zero-order valence-corrected chi connectivity index (χ0v) is 15.6. The highest BCUT2D eigenvalue weighted by Gasteiger charge is 2.34. The van der Waals surface area contributed by atoms with E-state index in [1.54, 1.807) is 0 Å². The number of nitrogens with zero attached hydrogens (tertiary/aromatic N) is 1. The Morgan fingerprint density at radius 1 is 1.41 bits per heavy atom. The number of nitrogens with one attached hydrogen (secondary N) is 1. The van der Waals surface area contributed by atoms with Crippen molar-refractivity contribution in [1.29, 1.82) is 0 Å². The van der Waals surface area contributed by atoms with Crippen LogP contribution in [0.3, 0.4) is 0 Å². The number of rotatable bonds is 3. The number of amides is 1. The molecule has 0 spiro atoms. The molecule has 2 unspecified atom stereocenters. The van der Waals surface area contributed by atoms with Crippen molar-refractivity contribution < 1.29 is 9.53 Å². The molecular formula is C17H32N2O2S. The third-order valence-corrected chi connectivity index (χ3v) is 5.77. The molecule has 2 heterocycles. The first-order chi connectivity index (χ1) is 10.2. The smallest absolute Gasteiger partial charge is 0.410 e. The van der Waals surface area contributed by atoms with E-state index >= 15 is 0 Å². The second-order valence-corrected chi connectivity index (χ2v) is 9.51. The van der Waals surface area contributed by atoms with Crippen LogP contribution in [0.1, 0.15) is 47.5 Å². The van der Waals surface area contributed by atoms with E-state index < -0.39 is 5.60 Å². The fraction of sp³-hybridized carbons (Fsp3) is 0.941. The van der Waals surface area contributed by atoms with Crippen LogP contribution in [0.2, 0.25) is 0 Å². The number of hydrogen-bond donors (Lipinski definition) is 1. The summed E-state index contributed by atoms with van der Waals surface area (Å²) in [6, 6.07) is 0.585. The van der Waals surface area contributed by atoms with E-state index in [2.05, 4.69) is 30.9 Å². The number of hydrogen-bond acceptors (Lipinski definition) is 4. The summed E-state index contributed by atoms with van der Waals surface area (Å²) in [5.74, 6) is 3.03. The van der Waals surface area contributed by atoms with Crippen LogP contribution in [-0.4, -0.2) is 53.8 Å². The molecule has 0 radical (unpaired) electrons. The number of carbonyl (C=O) groups excluding carboxylic acids is 1. The van der Waals surface area contributed by atoms with E-state index in [0.717, 1.165) is 26.1 Å². The lowest BCUT2D eigenvalue weighted by molar-refractivity contribution is 0.0288. The summed E-state index contributed by atoms with van der Waals surface area (Å²) in [7, 11) is 0. The quantitative estimate of drug-likeness (QED) is 0.862. The van der Waals surface area contributed by atoms with Gasteiger partial charge in [-0.2, -0.15) is 11.8 Å². The third kappa shape index (κ3) is 5.05. The molecule has 2 rings (SSSR count). The van der Waals surface area contributed by atoms with Gasteiger partial charge in [-0.1, -0.05) is 13.8 Å². The van der Waals surface area contributed by atoms with Crippen molar-refractivity contribution in [2.75, 3.05) is 31.1 Å². The average molecular weight is 329 g/mol. The molecule has 1 amide bonds. The van der Waals surface area contributed by atoms with Crippen LogP contribution in [0.25, 0.3) is 0 Å². The lowest BCUT2D eigenvalue weighted by Gasteiger charge is -2.39. The van der Waals surface area contributed by atoms with Gasteiger partial charge in [0.25, 0.3) is 0 Å². The van der Waals surface area contributed by atoms with E-state index in [-0.39, 0.29) is 6.09 Å². The molecule has 2 aliphatic heterocycles. The number of likely N-dealkylation sites (tertiary alicyclic amines) is 1. The molecule has 2 atom stereocenters. The Labute approximate surface area is 139 Å². The van der Waals surface area contributed by atoms with E-state index in [1.807, 2.05) is 25.7 Å². The second-order valence-electron chi connectivity index (χ2n) is 8.36. The van der Waals surface area contributed by atoms with Crippen LogP contribution in [-0.2, 0) is 4.74 Å². The van der Waals surface area contributed by atoms with E-state index in [0.29, 0.717) is 17.4 Å². The zero-order valence-electron chi connectivity index (χ0n) is 14.8. The standard InChI is InChI=1S/C17H32N2O2S/c1-16(2,3)21-15(20)19-8-6-13(11-19)10-18-14-12-22-9-7-17(14,4)5/h13-14,18H,6-12H2,1-5H3. The Kier molecular flexibility index (Phi) is 5.70. The maximum atomic E-state index is 12.1. The van der Waals surface area contributed by atoms with Gasteiger partial charge in [-0.25, -0.2) is 4.79 Å². The van der Waals surface area contributed by atoms with Gasteiger partial charge in [0.1, 0.15) is 5.60 Å². The molecule has 0 aromatic carbocycles. The summed E-state index contributed by atoms with van der Waals surface area (Å²) in [6.07, 6.45) is 2.19. The Morgan fingerprint density at radius 3 is 2.77 bits per heavy atom. The predicted molar refractivity (Wildman–Crippen MR) is 93.4 cm³/mol. The summed E-state index contributed by atoms with van der Waals surface area (Å²) in [5.41, 5.74) is -0.0223. The largest absolute Gasteiger partial charge is 0.444 e. The molecule has 0 bridgehead atoms. The van der Waals surface area contributed by atoms with Crippen LogP contribution in [0.4, 0.5) is 4.79 Å². The number of thioether (sulfide) groups is 1. The van der Waals surface area contributed by atoms with Gasteiger partial charge in [0.2, 0.25) is 0 Å². The molecule has 4 nitrogen and oxygen atoms in total. The first kappa shape index (κ1) is 17.9. The number of carbonyl (C=O) groups is 1. The molecule has 22 heavy (non-hydrogen) atoms. The van der Waals surface area contributed by atoms with Gasteiger partial charge in [-0.05, 0) is 50.7 Å². The van der Waals surface area contributed by atoms with Crippen LogP contribution in [0.15, 0.2) is 0 Å². The highest BCUT2D eigenvalue weighted by atomic mass is 32.2. The summed E-state index contributed by atoms with van der Waals surface area (Å²) < 4.78 is 5.46. The van der Waals surface area contributed by atoms with Gasteiger partial charge in [0.05, 0.1) is 0 Å². The summed E-state index contributed by atoms with van der Waals surface area (Å²) >= 11 is 2.05. The average Bonchev–Trinajstić information content (AvgIpc) is 2.84. The maximum Gasteiger partial charge on any atom is 0.410 e. The highest BCUT2D eigenvalue weighted by molar-refractivity contribution is 7.99. The number of ether oxygens (including phenoxy) is 1. The Morgan fingerprint density at radius 2 is 2.14 bits per heavy atom. The van der Waals surface area contributed by atoms with E-state index in [9.17, 15) is 4.79 Å². The molecule has 0 aromatic heterocycles. The van der Waals surface area contributed by atoms with Crippen molar-refractivity contribution in [2.45, 2.75) is 59.1 Å². The lowest BCUT2D eigenvalue weighted by Crippen LogP contribution is -2.48. The molecule has 2 fully saturated rings. The third-order valence-electron chi connectivity index (χ3n) is 4.71. The molecule has 0 aliphatic carbocycles. The van der Waals surface area contributed by atoms with Gasteiger partial charge >= 0.3 is 6.09 Å². The van der Waals surface area contributed by atoms with Gasteiger partial charge < -0.3 is 15.0 Å². The van der Waals surface area contributed by atoms with Crippen molar-refractivity contribution in [3.63, 3.8) is 0 Å². The fourth-order valence-corrected chi connectivity index (χ4v) is 4.71. The maximum absolute atomic E-state index is 12.1. The zero-order chi connectivity index (χ0) is 16.4. The minimum atomic E-state index is -0.406. The Bertz CT molecular complexity index is 393. The highest BCUT2D eigenvalue weighted by Crippen LogP contribution is 2.34. The second kappa shape index (κ2) is 7.00. The predicted octanol–water partition coefficient (Wildman–Crippen LogP) is 3.36. The lowest BCUT2D eigenvalue weighted by atomic mass is 9.82. The van der Waals surface area contributed by atoms with Crippen molar-refractivity contribution in [3.05, 3.63) is 0 Å². The Balaban J connectivity index is 1.76. The monoisotopic (exact) mass is 328 g/mol. The van der Waals surface area contributed by atoms with Crippen molar-refractivity contribution in [1.82, 2.24) is 10.2 Å². The van der Waals surface area contributed by atoms with Gasteiger partial charge in [-0.15, -0.1) is 0 Å². The van der Waals surface area contributed by atoms with Gasteiger partial charge in [0.15, 0.2) is 0 Å². The molecule has 0 aromatic rings. The van der Waals surface area contributed by atoms with Gasteiger partial charge in [-0.3, -0.25) is 0 Å². The molecule has 1 N–H and O–H groups in total. The van der Waals surface area contributed by atoms with E-state index in [4.69, 9.17) is 4.74 Å². The SMILES string of the molecule is CC(C)(C)OC(=O)N1CCC(CNC2CSCCC2(C)C)C1. The molecule has 2 aliphatic rings. The Hall–Kier alpha value is -0.420. The first-order valence-corrected chi connectivity index (χ1v) is 9.62. The minimum Gasteiger partial charge on any atom is -0.444 e. The summed E-state index contributed by atoms with van der Waals surface area (Å²) in [5, 5.41) is 3.76. The van der Waals surface area contributed by atoms with Crippen LogP contribution in [0, 0.1) is 11.3 Å². The molecule has 2 saturated heterocycles. The van der Waals surface area contributed by atoms with Crippen molar-refractivity contribution in [3.8, 4) is 0 Å². The molecule has 128 valence electrons. The van der Waals surface area contributed by atoms with Crippen LogP contribution < -0.4 is 5.32 Å². The summed E-state index contributed by atoms with van der Waals surface area (Å²) in [6.45, 7) is 13.1.